The minimum atomic E-state index is -3.69. The first kappa shape index (κ1) is 13.5. The number of halogens is 3. The van der Waals surface area contributed by atoms with Gasteiger partial charge >= 0.3 is 0 Å². The molecule has 0 aliphatic rings. The molecule has 1 aromatic rings. The molecule has 0 unspecified atom stereocenters. The van der Waals surface area contributed by atoms with E-state index in [1.807, 2.05) is 0 Å². The zero-order chi connectivity index (χ0) is 12.3. The SMILES string of the molecule is CC(F)=C(F)CCS(=O)(=O)c1ncc(Cl)s1. The highest BCUT2D eigenvalue weighted by molar-refractivity contribution is 7.93. The summed E-state index contributed by atoms with van der Waals surface area (Å²) in [5, 5.41) is 0. The van der Waals surface area contributed by atoms with Crippen LogP contribution in [0.5, 0.6) is 0 Å². The predicted molar refractivity (Wildman–Crippen MR) is 58.7 cm³/mol. The van der Waals surface area contributed by atoms with E-state index in [-0.39, 0.29) is 8.68 Å². The molecule has 0 fully saturated rings. The van der Waals surface area contributed by atoms with E-state index in [1.54, 1.807) is 0 Å². The molecule has 0 atom stereocenters. The lowest BCUT2D eigenvalue weighted by Gasteiger charge is -1.99. The zero-order valence-corrected chi connectivity index (χ0v) is 10.6. The molecule has 0 N–H and O–H groups in total. The Bertz CT molecular complexity index is 506. The molecule has 0 aromatic carbocycles. The van der Waals surface area contributed by atoms with E-state index in [0.717, 1.165) is 18.3 Å². The van der Waals surface area contributed by atoms with E-state index in [1.165, 1.54) is 6.20 Å². The third-order valence-corrected chi connectivity index (χ3v) is 4.99. The fraction of sp³-hybridized carbons (Fsp3) is 0.375. The maximum Gasteiger partial charge on any atom is 0.210 e. The molecule has 0 spiro atoms. The Balaban J connectivity index is 2.78. The van der Waals surface area contributed by atoms with Crippen molar-refractivity contribution in [2.75, 3.05) is 5.75 Å². The third-order valence-electron chi connectivity index (χ3n) is 1.69. The number of thiazole rings is 1. The highest BCUT2D eigenvalue weighted by Gasteiger charge is 2.19. The molecule has 0 saturated heterocycles. The highest BCUT2D eigenvalue weighted by atomic mass is 35.5. The van der Waals surface area contributed by atoms with Crippen LogP contribution in [-0.4, -0.2) is 19.2 Å². The van der Waals surface area contributed by atoms with E-state index in [9.17, 15) is 17.2 Å². The summed E-state index contributed by atoms with van der Waals surface area (Å²) in [5.74, 6) is -2.59. The van der Waals surface area contributed by atoms with Gasteiger partial charge in [-0.15, -0.1) is 0 Å². The number of nitrogens with zero attached hydrogens (tertiary/aromatic N) is 1. The summed E-state index contributed by atoms with van der Waals surface area (Å²) in [6, 6.07) is 0. The summed E-state index contributed by atoms with van der Waals surface area (Å²) >= 11 is 6.32. The van der Waals surface area contributed by atoms with Gasteiger partial charge in [-0.3, -0.25) is 0 Å². The Labute approximate surface area is 101 Å². The molecule has 3 nitrogen and oxygen atoms in total. The van der Waals surface area contributed by atoms with Gasteiger partial charge < -0.3 is 0 Å². The Morgan fingerprint density at radius 1 is 1.56 bits per heavy atom. The van der Waals surface area contributed by atoms with E-state index in [0.29, 0.717) is 0 Å². The van der Waals surface area contributed by atoms with Gasteiger partial charge in [-0.1, -0.05) is 22.9 Å². The largest absolute Gasteiger partial charge is 0.232 e. The van der Waals surface area contributed by atoms with E-state index in [4.69, 9.17) is 11.6 Å². The average molecular weight is 288 g/mol. The van der Waals surface area contributed by atoms with E-state index in [2.05, 4.69) is 4.98 Å². The molecule has 1 aromatic heterocycles. The van der Waals surface area contributed by atoms with Crippen molar-refractivity contribution in [3.05, 3.63) is 22.2 Å². The van der Waals surface area contributed by atoms with Crippen molar-refractivity contribution in [3.8, 4) is 0 Å². The third kappa shape index (κ3) is 3.50. The molecule has 1 heterocycles. The van der Waals surface area contributed by atoms with Crippen LogP contribution in [0.4, 0.5) is 8.78 Å². The molecular formula is C8H8ClF2NO2S2. The second-order valence-corrected chi connectivity index (χ2v) is 6.88. The van der Waals surface area contributed by atoms with Crippen LogP contribution in [0.1, 0.15) is 13.3 Å². The Kier molecular flexibility index (Phi) is 4.40. The van der Waals surface area contributed by atoms with Gasteiger partial charge in [0, 0.05) is 6.42 Å². The molecule has 0 amide bonds. The van der Waals surface area contributed by atoms with Gasteiger partial charge in [0.15, 0.2) is 0 Å². The van der Waals surface area contributed by atoms with Crippen LogP contribution in [0.3, 0.4) is 0 Å². The smallest absolute Gasteiger partial charge is 0.210 e. The molecule has 90 valence electrons. The standard InChI is InChI=1S/C8H8ClF2NO2S2/c1-5(10)6(11)2-3-16(13,14)8-12-4-7(9)15-8/h4H,2-3H2,1H3. The van der Waals surface area contributed by atoms with Gasteiger partial charge in [0.25, 0.3) is 0 Å². The lowest BCUT2D eigenvalue weighted by Crippen LogP contribution is -2.06. The lowest BCUT2D eigenvalue weighted by atomic mass is 10.4. The fourth-order valence-corrected chi connectivity index (χ4v) is 3.51. The van der Waals surface area contributed by atoms with Crippen molar-refractivity contribution in [3.63, 3.8) is 0 Å². The van der Waals surface area contributed by atoms with Crippen molar-refractivity contribution >= 4 is 32.8 Å². The maximum atomic E-state index is 12.8. The van der Waals surface area contributed by atoms with Crippen LogP contribution in [0.25, 0.3) is 0 Å². The topological polar surface area (TPSA) is 47.0 Å². The molecule has 8 heteroatoms. The van der Waals surface area contributed by atoms with Crippen LogP contribution in [0, 0.1) is 0 Å². The Hall–Kier alpha value is -0.530. The Morgan fingerprint density at radius 3 is 2.62 bits per heavy atom. The van der Waals surface area contributed by atoms with Gasteiger partial charge in [0.1, 0.15) is 16.0 Å². The summed E-state index contributed by atoms with van der Waals surface area (Å²) in [7, 11) is -3.69. The average Bonchev–Trinajstić information content (AvgIpc) is 2.61. The number of rotatable bonds is 4. The van der Waals surface area contributed by atoms with Gasteiger partial charge in [-0.2, -0.15) is 0 Å². The normalized spacial score (nSPS) is 13.8. The Morgan fingerprint density at radius 2 is 2.19 bits per heavy atom. The van der Waals surface area contributed by atoms with Crippen LogP contribution in [0.15, 0.2) is 22.2 Å². The van der Waals surface area contributed by atoms with Gasteiger partial charge in [-0.25, -0.2) is 22.2 Å². The van der Waals surface area contributed by atoms with Gasteiger partial charge in [0.05, 0.1) is 11.9 Å². The molecule has 0 aliphatic heterocycles. The number of allylic oxidation sites excluding steroid dienone is 2. The van der Waals surface area contributed by atoms with Crippen molar-refractivity contribution < 1.29 is 17.2 Å². The molecule has 0 radical (unpaired) electrons. The molecule has 16 heavy (non-hydrogen) atoms. The summed E-state index contributed by atoms with van der Waals surface area (Å²) in [6.45, 7) is 0.933. The summed E-state index contributed by atoms with van der Waals surface area (Å²) in [6.07, 6.45) is 0.702. The van der Waals surface area contributed by atoms with Crippen LogP contribution in [0.2, 0.25) is 4.34 Å². The monoisotopic (exact) mass is 287 g/mol. The van der Waals surface area contributed by atoms with Crippen molar-refractivity contribution in [1.82, 2.24) is 4.98 Å². The molecule has 0 saturated carbocycles. The first-order valence-corrected chi connectivity index (χ1v) is 7.02. The predicted octanol–water partition coefficient (Wildman–Crippen LogP) is 3.13. The first-order chi connectivity index (χ1) is 7.33. The van der Waals surface area contributed by atoms with Crippen molar-refractivity contribution in [2.24, 2.45) is 0 Å². The molecule has 1 rings (SSSR count). The summed E-state index contributed by atoms with van der Waals surface area (Å²) in [5.41, 5.74) is 0. The van der Waals surface area contributed by atoms with E-state index < -0.39 is 33.7 Å². The van der Waals surface area contributed by atoms with Crippen LogP contribution in [-0.2, 0) is 9.84 Å². The molecule has 0 aliphatic carbocycles. The number of hydrogen-bond acceptors (Lipinski definition) is 4. The van der Waals surface area contributed by atoms with Crippen LogP contribution >= 0.6 is 22.9 Å². The fourth-order valence-electron chi connectivity index (χ4n) is 0.867. The minimum Gasteiger partial charge on any atom is -0.232 e. The minimum absolute atomic E-state index is 0.179. The molecule has 0 bridgehead atoms. The van der Waals surface area contributed by atoms with Gasteiger partial charge in [-0.05, 0) is 6.92 Å². The number of aromatic nitrogens is 1. The summed E-state index contributed by atoms with van der Waals surface area (Å²) in [4.78, 5) is 3.58. The number of sulfone groups is 1. The lowest BCUT2D eigenvalue weighted by molar-refractivity contribution is 0.515. The highest BCUT2D eigenvalue weighted by Crippen LogP contribution is 2.24. The van der Waals surface area contributed by atoms with E-state index >= 15 is 0 Å². The quantitative estimate of drug-likeness (QED) is 0.855. The maximum absolute atomic E-state index is 12.8. The van der Waals surface area contributed by atoms with Crippen LogP contribution < -0.4 is 0 Å². The van der Waals surface area contributed by atoms with Crippen molar-refractivity contribution in [2.45, 2.75) is 17.7 Å². The number of hydrogen-bond donors (Lipinski definition) is 0. The second-order valence-electron chi connectivity index (χ2n) is 2.94. The summed E-state index contributed by atoms with van der Waals surface area (Å²) < 4.78 is 48.3. The molecular weight excluding hydrogens is 280 g/mol. The van der Waals surface area contributed by atoms with Gasteiger partial charge in [0.2, 0.25) is 14.2 Å². The first-order valence-electron chi connectivity index (χ1n) is 4.18. The van der Waals surface area contributed by atoms with Crippen molar-refractivity contribution in [1.29, 1.82) is 0 Å². The zero-order valence-electron chi connectivity index (χ0n) is 8.21. The second kappa shape index (κ2) is 5.20.